The van der Waals surface area contributed by atoms with Crippen LogP contribution in [-0.4, -0.2) is 36.7 Å². The lowest BCUT2D eigenvalue weighted by molar-refractivity contribution is 0.121. The van der Waals surface area contributed by atoms with Crippen LogP contribution in [0.25, 0.3) is 0 Å². The molecule has 0 saturated carbocycles. The normalized spacial score (nSPS) is 15.6. The van der Waals surface area contributed by atoms with E-state index in [-0.39, 0.29) is 6.59 Å². The van der Waals surface area contributed by atoms with E-state index in [2.05, 4.69) is 63.7 Å². The highest BCUT2D eigenvalue weighted by Gasteiger charge is 2.48. The van der Waals surface area contributed by atoms with Gasteiger partial charge in [-0.2, -0.15) is 0 Å². The molecule has 0 bridgehead atoms. The fourth-order valence-electron chi connectivity index (χ4n) is 0.962. The van der Waals surface area contributed by atoms with Gasteiger partial charge in [-0.25, -0.2) is 0 Å². The Kier molecular flexibility index (Phi) is 7.64. The summed E-state index contributed by atoms with van der Waals surface area (Å²) in [7, 11) is 2.16. The minimum atomic E-state index is -2.60. The fourth-order valence-corrected chi connectivity index (χ4v) is 8.12. The van der Waals surface area contributed by atoms with Crippen molar-refractivity contribution in [2.45, 2.75) is 13.0 Å². The molecule has 8 heteroatoms. The zero-order valence-corrected chi connectivity index (χ0v) is 15.4. The lowest BCUT2D eigenvalue weighted by Gasteiger charge is -2.30. The van der Waals surface area contributed by atoms with E-state index in [1.807, 2.05) is 0 Å². The van der Waals surface area contributed by atoms with Gasteiger partial charge in [-0.1, -0.05) is 63.7 Å². The molecule has 0 aromatic heterocycles. The van der Waals surface area contributed by atoms with Crippen LogP contribution in [0, 0.1) is 0 Å². The Bertz CT molecular complexity index is 163. The zero-order chi connectivity index (χ0) is 11.4. The highest BCUT2D eigenvalue weighted by molar-refractivity contribution is 9.39. The molecule has 0 N–H and O–H groups in total. The van der Waals surface area contributed by atoms with Gasteiger partial charge in [-0.15, -0.1) is 0 Å². The summed E-state index contributed by atoms with van der Waals surface area (Å²) in [6.07, 6.45) is 0.703. The Morgan fingerprint density at radius 2 is 1.43 bits per heavy atom. The van der Waals surface area contributed by atoms with E-state index in [1.54, 1.807) is 21.3 Å². The Balaban J connectivity index is 4.52. The molecule has 0 spiro atoms. The van der Waals surface area contributed by atoms with E-state index in [0.717, 1.165) is 0 Å². The first-order valence-corrected chi connectivity index (χ1v) is 8.77. The lowest BCUT2D eigenvalue weighted by Crippen LogP contribution is -2.52. The second-order valence-electron chi connectivity index (χ2n) is 2.50. The molecule has 14 heavy (non-hydrogen) atoms. The average Bonchev–Trinajstić information content (AvgIpc) is 2.05. The molecule has 0 aliphatic carbocycles. The van der Waals surface area contributed by atoms with Crippen LogP contribution in [-0.2, 0) is 13.3 Å². The molecule has 0 radical (unpaired) electrons. The predicted molar refractivity (Wildman–Crippen MR) is 73.6 cm³/mol. The van der Waals surface area contributed by atoms with E-state index in [0.29, 0.717) is 6.42 Å². The van der Waals surface area contributed by atoms with Gasteiger partial charge in [0, 0.05) is 21.3 Å². The minimum Gasteiger partial charge on any atom is -0.376 e. The van der Waals surface area contributed by atoms with Crippen molar-refractivity contribution in [2.24, 2.45) is 0 Å². The highest BCUT2D eigenvalue weighted by atomic mass is 80.0. The first kappa shape index (κ1) is 16.0. The van der Waals surface area contributed by atoms with Gasteiger partial charge in [0.15, 0.2) is 0 Å². The van der Waals surface area contributed by atoms with Gasteiger partial charge >= 0.3 is 8.80 Å². The van der Waals surface area contributed by atoms with E-state index >= 15 is 0 Å². The van der Waals surface area contributed by atoms with Crippen LogP contribution in [0.4, 0.5) is 0 Å². The van der Waals surface area contributed by atoms with Crippen LogP contribution in [0.3, 0.4) is 0 Å². The van der Waals surface area contributed by atoms with Crippen molar-refractivity contribution >= 4 is 72.5 Å². The van der Waals surface area contributed by atoms with E-state index in [1.165, 1.54) is 0 Å². The summed E-state index contributed by atoms with van der Waals surface area (Å²) >= 11 is 13.8. The molecular formula is C6H12Br4O3Si. The number of hydrogen-bond donors (Lipinski definition) is 0. The van der Waals surface area contributed by atoms with Crippen molar-refractivity contribution in [1.29, 1.82) is 0 Å². The standard InChI is InChI=1S/C6H12Br4O3Si/c1-11-14(12-2,13-3)5(7)4-6(8,9)10/h5H,4H2,1-3H3. The Hall–Kier alpha value is 2.02. The third kappa shape index (κ3) is 4.90. The summed E-state index contributed by atoms with van der Waals surface area (Å²) in [6.45, 7) is 0. The maximum atomic E-state index is 5.33. The van der Waals surface area contributed by atoms with E-state index in [4.69, 9.17) is 13.3 Å². The monoisotopic (exact) mass is 476 g/mol. The van der Waals surface area contributed by atoms with Crippen molar-refractivity contribution < 1.29 is 13.3 Å². The molecule has 0 heterocycles. The van der Waals surface area contributed by atoms with Crippen LogP contribution in [0.15, 0.2) is 0 Å². The number of hydrogen-bond acceptors (Lipinski definition) is 3. The molecule has 0 aliphatic rings. The van der Waals surface area contributed by atoms with Crippen molar-refractivity contribution in [1.82, 2.24) is 0 Å². The molecule has 3 nitrogen and oxygen atoms in total. The first-order chi connectivity index (χ1) is 6.31. The molecule has 0 rings (SSSR count). The minimum absolute atomic E-state index is 0.00637. The smallest absolute Gasteiger partial charge is 0.376 e. The average molecular weight is 480 g/mol. The molecule has 1 atom stereocenters. The third-order valence-corrected chi connectivity index (χ3v) is 7.30. The summed E-state index contributed by atoms with van der Waals surface area (Å²) in [5.74, 6) is 0. The third-order valence-electron chi connectivity index (χ3n) is 1.65. The quantitative estimate of drug-likeness (QED) is 0.447. The summed E-state index contributed by atoms with van der Waals surface area (Å²) in [6, 6.07) is 0. The van der Waals surface area contributed by atoms with Crippen molar-refractivity contribution in [3.8, 4) is 0 Å². The lowest BCUT2D eigenvalue weighted by atomic mass is 10.6. The van der Waals surface area contributed by atoms with Crippen molar-refractivity contribution in [2.75, 3.05) is 21.3 Å². The highest BCUT2D eigenvalue weighted by Crippen LogP contribution is 2.41. The zero-order valence-electron chi connectivity index (χ0n) is 8.02. The van der Waals surface area contributed by atoms with Gasteiger partial charge in [0.25, 0.3) is 0 Å². The van der Waals surface area contributed by atoms with Gasteiger partial charge in [0.05, 0.1) is 4.45 Å². The van der Waals surface area contributed by atoms with Crippen LogP contribution < -0.4 is 0 Å². The molecule has 0 aliphatic heterocycles. The number of rotatable bonds is 5. The second-order valence-corrected chi connectivity index (χ2v) is 14.8. The van der Waals surface area contributed by atoms with Crippen molar-refractivity contribution in [3.63, 3.8) is 0 Å². The second kappa shape index (κ2) is 6.68. The largest absolute Gasteiger partial charge is 0.514 e. The molecule has 0 amide bonds. The van der Waals surface area contributed by atoms with Crippen LogP contribution in [0.1, 0.15) is 6.42 Å². The predicted octanol–water partition coefficient (Wildman–Crippen LogP) is 3.40. The number of alkyl halides is 4. The maximum Gasteiger partial charge on any atom is 0.514 e. The van der Waals surface area contributed by atoms with Gasteiger partial charge in [-0.3, -0.25) is 0 Å². The molecular weight excluding hydrogens is 468 g/mol. The number of halogens is 4. The fraction of sp³-hybridized carbons (Fsp3) is 1.00. The Labute approximate surface area is 119 Å². The Morgan fingerprint density at radius 3 is 1.64 bits per heavy atom. The van der Waals surface area contributed by atoms with Gasteiger partial charge < -0.3 is 13.3 Å². The summed E-state index contributed by atoms with van der Waals surface area (Å²) < 4.78 is 15.6. The van der Waals surface area contributed by atoms with Crippen LogP contribution >= 0.6 is 63.7 Å². The molecule has 0 fully saturated rings. The van der Waals surface area contributed by atoms with Crippen molar-refractivity contribution in [3.05, 3.63) is 0 Å². The van der Waals surface area contributed by atoms with Gasteiger partial charge in [0.2, 0.25) is 0 Å². The molecule has 86 valence electrons. The van der Waals surface area contributed by atoms with E-state index in [9.17, 15) is 0 Å². The van der Waals surface area contributed by atoms with Gasteiger partial charge in [0.1, 0.15) is 2.14 Å². The molecule has 0 aromatic carbocycles. The Morgan fingerprint density at radius 1 is 1.07 bits per heavy atom. The SMILES string of the molecule is CO[Si](OC)(OC)C(Br)CC(Br)(Br)Br. The maximum absolute atomic E-state index is 5.33. The molecule has 0 aromatic rings. The van der Waals surface area contributed by atoms with Gasteiger partial charge in [-0.05, 0) is 6.42 Å². The molecule has 1 unspecified atom stereocenters. The topological polar surface area (TPSA) is 27.7 Å². The summed E-state index contributed by atoms with van der Waals surface area (Å²) in [5, 5.41) is 0. The van der Waals surface area contributed by atoms with Crippen LogP contribution in [0.2, 0.25) is 0 Å². The molecule has 0 saturated heterocycles. The summed E-state index contributed by atoms with van der Waals surface area (Å²) in [4.78, 5) is 0. The van der Waals surface area contributed by atoms with E-state index < -0.39 is 8.80 Å². The summed E-state index contributed by atoms with van der Waals surface area (Å²) in [5.41, 5.74) is 0. The van der Waals surface area contributed by atoms with Crippen LogP contribution in [0.5, 0.6) is 0 Å². The first-order valence-electron chi connectivity index (χ1n) is 3.67.